The summed E-state index contributed by atoms with van der Waals surface area (Å²) in [6, 6.07) is 3.71. The van der Waals surface area contributed by atoms with Gasteiger partial charge in [-0.1, -0.05) is 0 Å². The minimum Gasteiger partial charge on any atom is -0.494 e. The fourth-order valence-corrected chi connectivity index (χ4v) is 1.56. The van der Waals surface area contributed by atoms with Crippen molar-refractivity contribution in [2.24, 2.45) is 0 Å². The molecule has 0 amide bonds. The molecule has 0 aliphatic rings. The van der Waals surface area contributed by atoms with Crippen LogP contribution in [0.15, 0.2) is 16.5 Å². The summed E-state index contributed by atoms with van der Waals surface area (Å²) in [5.74, 6) is 1.58. The Bertz CT molecular complexity index is 485. The van der Waals surface area contributed by atoms with E-state index < -0.39 is 0 Å². The minimum atomic E-state index is 0.643. The van der Waals surface area contributed by atoms with Gasteiger partial charge >= 0.3 is 0 Å². The number of rotatable bonds is 1. The lowest BCUT2D eigenvalue weighted by molar-refractivity contribution is 0.416. The minimum absolute atomic E-state index is 0.643. The average molecular weight is 191 g/mol. The highest BCUT2D eigenvalue weighted by molar-refractivity contribution is 5.87. The second-order valence-corrected chi connectivity index (χ2v) is 3.37. The second kappa shape index (κ2) is 2.94. The number of hydrogen-bond donors (Lipinski definition) is 1. The maximum Gasteiger partial charge on any atom is 0.145 e. The summed E-state index contributed by atoms with van der Waals surface area (Å²) >= 11 is 0. The van der Waals surface area contributed by atoms with Crippen molar-refractivity contribution in [2.45, 2.75) is 13.8 Å². The first-order chi connectivity index (χ1) is 6.63. The maximum atomic E-state index is 5.81. The Morgan fingerprint density at radius 1 is 1.29 bits per heavy atom. The molecule has 1 heterocycles. The van der Waals surface area contributed by atoms with E-state index in [2.05, 4.69) is 0 Å². The number of benzene rings is 1. The molecule has 0 bridgehead atoms. The maximum absolute atomic E-state index is 5.81. The van der Waals surface area contributed by atoms with E-state index in [4.69, 9.17) is 14.9 Å². The van der Waals surface area contributed by atoms with Crippen molar-refractivity contribution >= 4 is 16.7 Å². The van der Waals surface area contributed by atoms with Gasteiger partial charge in [0.1, 0.15) is 17.1 Å². The van der Waals surface area contributed by atoms with Crippen LogP contribution in [0, 0.1) is 13.8 Å². The molecule has 2 N–H and O–H groups in total. The summed E-state index contributed by atoms with van der Waals surface area (Å²) in [7, 11) is 1.60. The topological polar surface area (TPSA) is 48.4 Å². The van der Waals surface area contributed by atoms with Crippen LogP contribution in [0.1, 0.15) is 11.3 Å². The monoisotopic (exact) mass is 191 g/mol. The molecule has 0 radical (unpaired) electrons. The molecule has 1 aromatic carbocycles. The molecule has 0 saturated heterocycles. The fourth-order valence-electron chi connectivity index (χ4n) is 1.56. The Morgan fingerprint density at radius 3 is 2.64 bits per heavy atom. The Morgan fingerprint density at radius 2 is 2.00 bits per heavy atom. The predicted octanol–water partition coefficient (Wildman–Crippen LogP) is 2.64. The van der Waals surface area contributed by atoms with Gasteiger partial charge in [-0.05, 0) is 25.5 Å². The molecule has 0 saturated carbocycles. The third kappa shape index (κ3) is 1.13. The molecule has 0 aliphatic carbocycles. The third-order valence-corrected chi connectivity index (χ3v) is 2.53. The van der Waals surface area contributed by atoms with E-state index in [0.717, 1.165) is 22.3 Å². The fraction of sp³-hybridized carbons (Fsp3) is 0.273. The molecule has 2 aromatic rings. The number of anilines is 1. The Balaban J connectivity index is 2.79. The average Bonchev–Trinajstić information content (AvgIpc) is 2.43. The van der Waals surface area contributed by atoms with Crippen LogP contribution in [0.2, 0.25) is 0 Å². The number of ether oxygens (including phenoxy) is 1. The second-order valence-electron chi connectivity index (χ2n) is 3.37. The van der Waals surface area contributed by atoms with Crippen molar-refractivity contribution in [2.75, 3.05) is 12.8 Å². The smallest absolute Gasteiger partial charge is 0.145 e. The molecule has 0 fully saturated rings. The first kappa shape index (κ1) is 8.94. The highest BCUT2D eigenvalue weighted by atomic mass is 16.5. The molecule has 0 spiro atoms. The lowest BCUT2D eigenvalue weighted by Gasteiger charge is -2.03. The van der Waals surface area contributed by atoms with Crippen LogP contribution in [-0.2, 0) is 0 Å². The lowest BCUT2D eigenvalue weighted by Crippen LogP contribution is -1.91. The van der Waals surface area contributed by atoms with E-state index in [9.17, 15) is 0 Å². The van der Waals surface area contributed by atoms with Crippen molar-refractivity contribution in [1.82, 2.24) is 0 Å². The Kier molecular flexibility index (Phi) is 1.88. The van der Waals surface area contributed by atoms with E-state index in [1.54, 1.807) is 7.11 Å². The summed E-state index contributed by atoms with van der Waals surface area (Å²) in [5.41, 5.74) is 8.41. The van der Waals surface area contributed by atoms with E-state index >= 15 is 0 Å². The van der Waals surface area contributed by atoms with Crippen molar-refractivity contribution in [3.05, 3.63) is 23.5 Å². The van der Waals surface area contributed by atoms with Crippen LogP contribution in [-0.4, -0.2) is 7.11 Å². The number of nitrogens with two attached hydrogens (primary N) is 1. The normalized spacial score (nSPS) is 10.8. The van der Waals surface area contributed by atoms with Crippen LogP contribution in [0.3, 0.4) is 0 Å². The van der Waals surface area contributed by atoms with E-state index in [1.165, 1.54) is 0 Å². The van der Waals surface area contributed by atoms with Gasteiger partial charge in [0.25, 0.3) is 0 Å². The van der Waals surface area contributed by atoms with Crippen LogP contribution >= 0.6 is 0 Å². The molecule has 2 rings (SSSR count). The van der Waals surface area contributed by atoms with Crippen LogP contribution in [0.25, 0.3) is 11.0 Å². The van der Waals surface area contributed by atoms with Crippen LogP contribution in [0.4, 0.5) is 5.69 Å². The standard InChI is InChI=1S/C11H13NO2/c1-6-7(2)14-10-5-11(13-3)9(12)4-8(6)10/h4-5H,12H2,1-3H3. The number of furan rings is 1. The lowest BCUT2D eigenvalue weighted by atomic mass is 10.1. The molecule has 1 aromatic heterocycles. The summed E-state index contributed by atoms with van der Waals surface area (Å²) in [6.07, 6.45) is 0. The quantitative estimate of drug-likeness (QED) is 0.705. The van der Waals surface area contributed by atoms with Gasteiger partial charge in [0.2, 0.25) is 0 Å². The Labute approximate surface area is 82.5 Å². The number of hydrogen-bond acceptors (Lipinski definition) is 3. The third-order valence-electron chi connectivity index (χ3n) is 2.53. The zero-order chi connectivity index (χ0) is 10.3. The Hall–Kier alpha value is -1.64. The van der Waals surface area contributed by atoms with Gasteiger partial charge in [0.05, 0.1) is 12.8 Å². The molecule has 0 aliphatic heterocycles. The number of nitrogen functional groups attached to an aromatic ring is 1. The van der Waals surface area contributed by atoms with Gasteiger partial charge in [-0.3, -0.25) is 0 Å². The number of aryl methyl sites for hydroxylation is 2. The first-order valence-corrected chi connectivity index (χ1v) is 4.46. The highest BCUT2D eigenvalue weighted by Crippen LogP contribution is 2.32. The molecule has 14 heavy (non-hydrogen) atoms. The summed E-state index contributed by atoms with van der Waals surface area (Å²) in [4.78, 5) is 0. The van der Waals surface area contributed by atoms with Crippen molar-refractivity contribution in [1.29, 1.82) is 0 Å². The van der Waals surface area contributed by atoms with Crippen molar-refractivity contribution < 1.29 is 9.15 Å². The van der Waals surface area contributed by atoms with Crippen molar-refractivity contribution in [3.63, 3.8) is 0 Å². The van der Waals surface area contributed by atoms with Gasteiger partial charge < -0.3 is 14.9 Å². The zero-order valence-corrected chi connectivity index (χ0v) is 8.55. The molecule has 74 valence electrons. The molecule has 0 unspecified atom stereocenters. The highest BCUT2D eigenvalue weighted by Gasteiger charge is 2.10. The molecular formula is C11H13NO2. The molecular weight excluding hydrogens is 178 g/mol. The number of fused-ring (bicyclic) bond motifs is 1. The van der Waals surface area contributed by atoms with E-state index in [0.29, 0.717) is 11.4 Å². The van der Waals surface area contributed by atoms with E-state index in [1.807, 2.05) is 26.0 Å². The zero-order valence-electron chi connectivity index (χ0n) is 8.55. The van der Waals surface area contributed by atoms with Gasteiger partial charge in [-0.25, -0.2) is 0 Å². The summed E-state index contributed by atoms with van der Waals surface area (Å²) < 4.78 is 10.7. The summed E-state index contributed by atoms with van der Waals surface area (Å²) in [6.45, 7) is 3.96. The van der Waals surface area contributed by atoms with Crippen LogP contribution in [0.5, 0.6) is 5.75 Å². The molecule has 3 nitrogen and oxygen atoms in total. The largest absolute Gasteiger partial charge is 0.494 e. The first-order valence-electron chi connectivity index (χ1n) is 4.46. The predicted molar refractivity (Wildman–Crippen MR) is 56.7 cm³/mol. The van der Waals surface area contributed by atoms with Crippen molar-refractivity contribution in [3.8, 4) is 5.75 Å². The van der Waals surface area contributed by atoms with E-state index in [-0.39, 0.29) is 0 Å². The van der Waals surface area contributed by atoms with Crippen LogP contribution < -0.4 is 10.5 Å². The van der Waals surface area contributed by atoms with Gasteiger partial charge in [-0.2, -0.15) is 0 Å². The van der Waals surface area contributed by atoms with Gasteiger partial charge in [0.15, 0.2) is 0 Å². The number of methoxy groups -OCH3 is 1. The summed E-state index contributed by atoms with van der Waals surface area (Å²) in [5, 5.41) is 1.06. The van der Waals surface area contributed by atoms with Gasteiger partial charge in [0, 0.05) is 11.5 Å². The molecule has 3 heteroatoms. The van der Waals surface area contributed by atoms with Gasteiger partial charge in [-0.15, -0.1) is 0 Å². The molecule has 0 atom stereocenters. The SMILES string of the molecule is COc1cc2oc(C)c(C)c2cc1N.